The summed E-state index contributed by atoms with van der Waals surface area (Å²) in [6.07, 6.45) is 1.67. The number of hydrogen-bond acceptors (Lipinski definition) is 7. The highest BCUT2D eigenvalue weighted by atomic mass is 35.5. The molecule has 1 atom stereocenters. The summed E-state index contributed by atoms with van der Waals surface area (Å²) in [6.45, 7) is 1.90. The lowest BCUT2D eigenvalue weighted by atomic mass is 9.88. The van der Waals surface area contributed by atoms with Crippen molar-refractivity contribution in [2.24, 2.45) is 0 Å². The van der Waals surface area contributed by atoms with E-state index in [0.717, 1.165) is 12.8 Å². The van der Waals surface area contributed by atoms with E-state index in [4.69, 9.17) is 30.5 Å². The summed E-state index contributed by atoms with van der Waals surface area (Å²) in [5.41, 5.74) is -0.172. The Balaban J connectivity index is 1.62. The van der Waals surface area contributed by atoms with E-state index in [1.54, 1.807) is 12.1 Å². The van der Waals surface area contributed by atoms with Gasteiger partial charge in [-0.15, -0.1) is 0 Å². The maximum Gasteiger partial charge on any atom is 0.307 e. The fraction of sp³-hybridized carbons (Fsp3) is 0.556. The molecule has 1 amide bonds. The van der Waals surface area contributed by atoms with Crippen molar-refractivity contribution in [1.29, 1.82) is 0 Å². The quantitative estimate of drug-likeness (QED) is 0.705. The zero-order valence-electron chi connectivity index (χ0n) is 15.1. The van der Waals surface area contributed by atoms with E-state index in [1.807, 2.05) is 0 Å². The average molecular weight is 399 g/mol. The van der Waals surface area contributed by atoms with E-state index in [-0.39, 0.29) is 24.8 Å². The summed E-state index contributed by atoms with van der Waals surface area (Å²) in [7, 11) is 1.34. The highest BCUT2D eigenvalue weighted by molar-refractivity contribution is 6.34. The van der Waals surface area contributed by atoms with Gasteiger partial charge in [0, 0.05) is 18.7 Å². The first kappa shape index (κ1) is 19.7. The van der Waals surface area contributed by atoms with Crippen molar-refractivity contribution >= 4 is 29.2 Å². The van der Waals surface area contributed by atoms with E-state index in [2.05, 4.69) is 10.6 Å². The summed E-state index contributed by atoms with van der Waals surface area (Å²) < 4.78 is 21.2. The summed E-state index contributed by atoms with van der Waals surface area (Å²) in [4.78, 5) is 24.2. The minimum Gasteiger partial charge on any atom is -0.486 e. The Kier molecular flexibility index (Phi) is 6.41. The molecule has 0 saturated carbocycles. The first-order valence-electron chi connectivity index (χ1n) is 8.80. The molecule has 1 aromatic rings. The Labute approximate surface area is 162 Å². The Morgan fingerprint density at radius 3 is 2.63 bits per heavy atom. The maximum atomic E-state index is 12.4. The van der Waals surface area contributed by atoms with Crippen molar-refractivity contribution in [3.05, 3.63) is 17.2 Å². The van der Waals surface area contributed by atoms with Crippen LogP contribution in [0.1, 0.15) is 19.3 Å². The second-order valence-corrected chi connectivity index (χ2v) is 6.97. The van der Waals surface area contributed by atoms with E-state index < -0.39 is 5.54 Å². The molecule has 0 aliphatic carbocycles. The van der Waals surface area contributed by atoms with E-state index in [0.29, 0.717) is 48.6 Å². The zero-order valence-corrected chi connectivity index (χ0v) is 15.9. The van der Waals surface area contributed by atoms with Crippen molar-refractivity contribution in [1.82, 2.24) is 5.32 Å². The predicted molar refractivity (Wildman–Crippen MR) is 98.5 cm³/mol. The number of anilines is 1. The molecule has 1 aromatic carbocycles. The normalized spacial score (nSPS) is 21.4. The van der Waals surface area contributed by atoms with Crippen molar-refractivity contribution in [2.75, 3.05) is 45.4 Å². The third kappa shape index (κ3) is 5.03. The van der Waals surface area contributed by atoms with Gasteiger partial charge in [0.25, 0.3) is 0 Å². The molecule has 27 heavy (non-hydrogen) atoms. The molecule has 0 spiro atoms. The van der Waals surface area contributed by atoms with Gasteiger partial charge in [-0.05, 0) is 12.8 Å². The molecule has 1 saturated heterocycles. The number of hydrogen-bond donors (Lipinski definition) is 2. The van der Waals surface area contributed by atoms with Crippen molar-refractivity contribution < 1.29 is 28.5 Å². The fourth-order valence-corrected chi connectivity index (χ4v) is 3.36. The summed E-state index contributed by atoms with van der Waals surface area (Å²) in [5.74, 6) is 0.460. The maximum absolute atomic E-state index is 12.4. The number of ether oxygens (including phenoxy) is 4. The second kappa shape index (κ2) is 8.77. The lowest BCUT2D eigenvalue weighted by Crippen LogP contribution is -2.55. The van der Waals surface area contributed by atoms with Crippen LogP contribution in [0.2, 0.25) is 5.02 Å². The number of rotatable bonds is 6. The summed E-state index contributed by atoms with van der Waals surface area (Å²) >= 11 is 6.22. The molecular formula is C18H23ClN2O6. The minimum absolute atomic E-state index is 0.00508. The molecule has 2 N–H and O–H groups in total. The molecule has 1 fully saturated rings. The Bertz CT molecular complexity index is 705. The fourth-order valence-electron chi connectivity index (χ4n) is 3.16. The molecule has 0 aromatic heterocycles. The molecule has 9 heteroatoms. The van der Waals surface area contributed by atoms with Gasteiger partial charge < -0.3 is 29.6 Å². The molecule has 0 bridgehead atoms. The molecule has 2 heterocycles. The molecule has 2 aliphatic heterocycles. The molecule has 0 unspecified atom stereocenters. The van der Waals surface area contributed by atoms with Crippen molar-refractivity contribution in [3.8, 4) is 11.5 Å². The standard InChI is InChI=1S/C18H23ClN2O6/c1-24-17(23)9-18(3-2-4-25-11-18)20-10-16(22)21-13-8-15-14(7-12(13)19)26-5-6-27-15/h7-8,20H,2-6,9-11H2,1H3,(H,21,22)/t18-/m0/s1. The van der Waals surface area contributed by atoms with Crippen LogP contribution >= 0.6 is 11.6 Å². The van der Waals surface area contributed by atoms with Crippen molar-refractivity contribution in [2.45, 2.75) is 24.8 Å². The minimum atomic E-state index is -0.612. The molecule has 0 radical (unpaired) electrons. The molecule has 2 aliphatic rings. The number of carbonyl (C=O) groups excluding carboxylic acids is 2. The van der Waals surface area contributed by atoms with Gasteiger partial charge in [0.2, 0.25) is 5.91 Å². The van der Waals surface area contributed by atoms with Gasteiger partial charge >= 0.3 is 5.97 Å². The van der Waals surface area contributed by atoms with Gasteiger partial charge in [0.1, 0.15) is 13.2 Å². The molecule has 148 valence electrons. The number of benzene rings is 1. The predicted octanol–water partition coefficient (Wildman–Crippen LogP) is 1.75. The first-order valence-corrected chi connectivity index (χ1v) is 9.18. The highest BCUT2D eigenvalue weighted by Crippen LogP contribution is 2.37. The molecular weight excluding hydrogens is 376 g/mol. The number of carbonyl (C=O) groups is 2. The van der Waals surface area contributed by atoms with Crippen LogP contribution in [0.15, 0.2) is 12.1 Å². The van der Waals surface area contributed by atoms with Gasteiger partial charge in [-0.2, -0.15) is 0 Å². The second-order valence-electron chi connectivity index (χ2n) is 6.57. The van der Waals surface area contributed by atoms with E-state index >= 15 is 0 Å². The Morgan fingerprint density at radius 1 is 1.22 bits per heavy atom. The largest absolute Gasteiger partial charge is 0.486 e. The third-order valence-corrected chi connectivity index (χ3v) is 4.88. The van der Waals surface area contributed by atoms with Crippen LogP contribution in [0.3, 0.4) is 0 Å². The number of amides is 1. The average Bonchev–Trinajstić information content (AvgIpc) is 2.68. The highest BCUT2D eigenvalue weighted by Gasteiger charge is 2.35. The van der Waals surface area contributed by atoms with Crippen LogP contribution in [-0.4, -0.2) is 57.5 Å². The number of fused-ring (bicyclic) bond motifs is 1. The zero-order chi connectivity index (χ0) is 19.3. The summed E-state index contributed by atoms with van der Waals surface area (Å²) in [5, 5.41) is 6.28. The lowest BCUT2D eigenvalue weighted by Gasteiger charge is -2.37. The van der Waals surface area contributed by atoms with Gasteiger partial charge in [0.05, 0.1) is 42.9 Å². The van der Waals surface area contributed by atoms with Gasteiger partial charge in [-0.25, -0.2) is 0 Å². The monoisotopic (exact) mass is 398 g/mol. The smallest absolute Gasteiger partial charge is 0.307 e. The number of methoxy groups -OCH3 is 1. The number of esters is 1. The lowest BCUT2D eigenvalue weighted by molar-refractivity contribution is -0.144. The van der Waals surface area contributed by atoms with Crippen LogP contribution in [0, 0.1) is 0 Å². The Morgan fingerprint density at radius 2 is 1.96 bits per heavy atom. The third-order valence-electron chi connectivity index (χ3n) is 4.56. The van der Waals surface area contributed by atoms with Crippen LogP contribution in [-0.2, 0) is 19.1 Å². The van der Waals surface area contributed by atoms with Gasteiger partial charge in [0.15, 0.2) is 11.5 Å². The number of nitrogens with one attached hydrogen (secondary N) is 2. The molecule has 3 rings (SSSR count). The van der Waals surface area contributed by atoms with Crippen LogP contribution in [0.25, 0.3) is 0 Å². The van der Waals surface area contributed by atoms with Crippen molar-refractivity contribution in [3.63, 3.8) is 0 Å². The van der Waals surface area contributed by atoms with Crippen LogP contribution in [0.5, 0.6) is 11.5 Å². The van der Waals surface area contributed by atoms with Crippen LogP contribution < -0.4 is 20.1 Å². The van der Waals surface area contributed by atoms with E-state index in [1.165, 1.54) is 7.11 Å². The molecule has 8 nitrogen and oxygen atoms in total. The van der Waals surface area contributed by atoms with Gasteiger partial charge in [-0.1, -0.05) is 11.6 Å². The SMILES string of the molecule is COC(=O)C[C@@]1(NCC(=O)Nc2cc3c(cc2Cl)OCCO3)CCCOC1. The topological polar surface area (TPSA) is 95.1 Å². The summed E-state index contributed by atoms with van der Waals surface area (Å²) in [6, 6.07) is 3.26. The number of halogens is 1. The van der Waals surface area contributed by atoms with E-state index in [9.17, 15) is 9.59 Å². The van der Waals surface area contributed by atoms with Gasteiger partial charge in [-0.3, -0.25) is 9.59 Å². The first-order chi connectivity index (χ1) is 13.0. The Hall–Kier alpha value is -2.03. The van der Waals surface area contributed by atoms with Crippen LogP contribution in [0.4, 0.5) is 5.69 Å².